The fraction of sp³-hybridized carbons (Fsp3) is 0.269. The van der Waals surface area contributed by atoms with Crippen molar-refractivity contribution in [3.8, 4) is 0 Å². The molecular weight excluding hydrogens is 368 g/mol. The largest absolute Gasteiger partial charge is 0.210 e. The summed E-state index contributed by atoms with van der Waals surface area (Å²) in [6, 6.07) is 31.9. The molecule has 0 saturated heterocycles. The first kappa shape index (κ1) is 18.7. The Morgan fingerprint density at radius 1 is 0.633 bits per heavy atom. The van der Waals surface area contributed by atoms with Crippen molar-refractivity contribution in [1.82, 2.24) is 20.2 Å². The van der Waals surface area contributed by atoms with Gasteiger partial charge in [-0.3, -0.25) is 0 Å². The zero-order chi connectivity index (χ0) is 20.2. The van der Waals surface area contributed by atoms with Crippen molar-refractivity contribution in [3.63, 3.8) is 0 Å². The molecule has 1 aliphatic carbocycles. The van der Waals surface area contributed by atoms with Crippen molar-refractivity contribution in [2.45, 2.75) is 43.6 Å². The van der Waals surface area contributed by atoms with Crippen molar-refractivity contribution < 1.29 is 0 Å². The van der Waals surface area contributed by atoms with Gasteiger partial charge in [-0.25, -0.2) is 4.68 Å². The van der Waals surface area contributed by atoms with E-state index in [-0.39, 0.29) is 0 Å². The molecule has 0 radical (unpaired) electrons. The molecule has 0 bridgehead atoms. The van der Waals surface area contributed by atoms with Gasteiger partial charge in [0.05, 0.1) is 0 Å². The summed E-state index contributed by atoms with van der Waals surface area (Å²) in [5.74, 6) is 1.38. The molecule has 0 atom stereocenters. The van der Waals surface area contributed by atoms with Gasteiger partial charge in [-0.05, 0) is 40.0 Å². The number of nitrogens with zero attached hydrogens (tertiary/aromatic N) is 4. The standard InChI is InChI=1S/C26H26N4/c1-5-13-21(14-6-1)25-27-28-29-30(25)26(22-15-7-2-8-16-22,23-17-9-3-10-18-23)24-19-11-4-12-20-24/h2-4,7-12,15-21H,1,5-6,13-14H2. The third-order valence-corrected chi connectivity index (χ3v) is 6.36. The third-order valence-electron chi connectivity index (χ3n) is 6.36. The van der Waals surface area contributed by atoms with Crippen LogP contribution in [0.1, 0.15) is 60.5 Å². The summed E-state index contributed by atoms with van der Waals surface area (Å²) < 4.78 is 2.10. The van der Waals surface area contributed by atoms with Gasteiger partial charge in [0, 0.05) is 5.92 Å². The maximum Gasteiger partial charge on any atom is 0.156 e. The second-order valence-electron chi connectivity index (χ2n) is 8.09. The quantitative estimate of drug-likeness (QED) is 0.416. The molecular formula is C26H26N4. The minimum atomic E-state index is -0.625. The Hall–Kier alpha value is -3.27. The van der Waals surface area contributed by atoms with E-state index in [1.165, 1.54) is 19.3 Å². The lowest BCUT2D eigenvalue weighted by molar-refractivity contribution is 0.371. The van der Waals surface area contributed by atoms with Gasteiger partial charge in [0.15, 0.2) is 5.82 Å². The fourth-order valence-electron chi connectivity index (χ4n) is 4.95. The topological polar surface area (TPSA) is 43.6 Å². The van der Waals surface area contributed by atoms with Gasteiger partial charge in [0.2, 0.25) is 0 Å². The minimum absolute atomic E-state index is 0.393. The molecule has 0 aliphatic heterocycles. The first-order valence-electron chi connectivity index (χ1n) is 10.9. The Morgan fingerprint density at radius 2 is 1.10 bits per heavy atom. The molecule has 0 spiro atoms. The number of benzene rings is 3. The van der Waals surface area contributed by atoms with Crippen LogP contribution < -0.4 is 0 Å². The first-order chi connectivity index (χ1) is 14.9. The molecule has 3 aromatic carbocycles. The third kappa shape index (κ3) is 3.13. The Kier molecular flexibility index (Phi) is 5.14. The van der Waals surface area contributed by atoms with Gasteiger partial charge in [0.25, 0.3) is 0 Å². The lowest BCUT2D eigenvalue weighted by atomic mass is 9.76. The maximum absolute atomic E-state index is 4.65. The monoisotopic (exact) mass is 394 g/mol. The molecule has 0 N–H and O–H groups in total. The molecule has 1 fully saturated rings. The van der Waals surface area contributed by atoms with Gasteiger partial charge < -0.3 is 0 Å². The summed E-state index contributed by atoms with van der Waals surface area (Å²) in [5.41, 5.74) is 2.85. The van der Waals surface area contributed by atoms with Crippen LogP contribution in [0.4, 0.5) is 0 Å². The van der Waals surface area contributed by atoms with Gasteiger partial charge in [-0.2, -0.15) is 0 Å². The van der Waals surface area contributed by atoms with E-state index >= 15 is 0 Å². The molecule has 5 rings (SSSR count). The summed E-state index contributed by atoms with van der Waals surface area (Å²) >= 11 is 0. The Labute approximate surface area is 177 Å². The van der Waals surface area contributed by atoms with E-state index in [4.69, 9.17) is 0 Å². The average molecular weight is 395 g/mol. The molecule has 30 heavy (non-hydrogen) atoms. The molecule has 4 nitrogen and oxygen atoms in total. The van der Waals surface area contributed by atoms with Crippen molar-refractivity contribution in [3.05, 3.63) is 114 Å². The van der Waals surface area contributed by atoms with E-state index in [0.717, 1.165) is 35.4 Å². The van der Waals surface area contributed by atoms with E-state index in [1.54, 1.807) is 0 Å². The minimum Gasteiger partial charge on any atom is -0.210 e. The van der Waals surface area contributed by atoms with Crippen molar-refractivity contribution in [1.29, 1.82) is 0 Å². The smallest absolute Gasteiger partial charge is 0.156 e. The zero-order valence-electron chi connectivity index (χ0n) is 17.1. The van der Waals surface area contributed by atoms with Gasteiger partial charge in [-0.15, -0.1) is 5.10 Å². The van der Waals surface area contributed by atoms with Crippen LogP contribution in [0.15, 0.2) is 91.0 Å². The van der Waals surface area contributed by atoms with Crippen LogP contribution in [0.25, 0.3) is 0 Å². The van der Waals surface area contributed by atoms with E-state index in [2.05, 4.69) is 111 Å². The van der Waals surface area contributed by atoms with Crippen LogP contribution in [0.5, 0.6) is 0 Å². The summed E-state index contributed by atoms with van der Waals surface area (Å²) in [7, 11) is 0. The highest BCUT2D eigenvalue weighted by Crippen LogP contribution is 2.43. The highest BCUT2D eigenvalue weighted by Gasteiger charge is 2.42. The molecule has 150 valence electrons. The number of hydrogen-bond donors (Lipinski definition) is 0. The van der Waals surface area contributed by atoms with E-state index < -0.39 is 5.54 Å². The van der Waals surface area contributed by atoms with Gasteiger partial charge in [0.1, 0.15) is 5.54 Å². The van der Waals surface area contributed by atoms with E-state index in [9.17, 15) is 0 Å². The van der Waals surface area contributed by atoms with Crippen LogP contribution in [-0.4, -0.2) is 20.2 Å². The lowest BCUT2D eigenvalue weighted by Crippen LogP contribution is -2.40. The van der Waals surface area contributed by atoms with Crippen LogP contribution in [-0.2, 0) is 5.54 Å². The van der Waals surface area contributed by atoms with Crippen molar-refractivity contribution in [2.24, 2.45) is 0 Å². The van der Waals surface area contributed by atoms with E-state index in [0.29, 0.717) is 5.92 Å². The summed E-state index contributed by atoms with van der Waals surface area (Å²) in [6.45, 7) is 0. The Bertz CT molecular complexity index is 971. The summed E-state index contributed by atoms with van der Waals surface area (Å²) in [5, 5.41) is 13.4. The molecule has 1 saturated carbocycles. The Balaban J connectivity index is 1.83. The van der Waals surface area contributed by atoms with Gasteiger partial charge >= 0.3 is 0 Å². The molecule has 4 aromatic rings. The first-order valence-corrected chi connectivity index (χ1v) is 10.9. The highest BCUT2D eigenvalue weighted by atomic mass is 15.6. The highest BCUT2D eigenvalue weighted by molar-refractivity contribution is 5.50. The summed E-state index contributed by atoms with van der Waals surface area (Å²) in [6.07, 6.45) is 6.09. The van der Waals surface area contributed by atoms with Crippen LogP contribution >= 0.6 is 0 Å². The molecule has 4 heteroatoms. The van der Waals surface area contributed by atoms with Crippen LogP contribution in [0.3, 0.4) is 0 Å². The molecule has 0 unspecified atom stereocenters. The fourth-order valence-corrected chi connectivity index (χ4v) is 4.95. The summed E-state index contributed by atoms with van der Waals surface area (Å²) in [4.78, 5) is 0. The normalized spacial score (nSPS) is 15.2. The number of tetrazole rings is 1. The molecule has 1 aromatic heterocycles. The molecule has 0 amide bonds. The second-order valence-corrected chi connectivity index (χ2v) is 8.09. The predicted octanol–water partition coefficient (Wildman–Crippen LogP) is 5.56. The predicted molar refractivity (Wildman–Crippen MR) is 118 cm³/mol. The average Bonchev–Trinajstić information content (AvgIpc) is 3.33. The zero-order valence-corrected chi connectivity index (χ0v) is 17.1. The number of hydrogen-bond acceptors (Lipinski definition) is 3. The van der Waals surface area contributed by atoms with Crippen molar-refractivity contribution >= 4 is 0 Å². The second kappa shape index (κ2) is 8.23. The Morgan fingerprint density at radius 3 is 1.57 bits per heavy atom. The van der Waals surface area contributed by atoms with Gasteiger partial charge in [-0.1, -0.05) is 110 Å². The van der Waals surface area contributed by atoms with Crippen LogP contribution in [0.2, 0.25) is 0 Å². The number of aromatic nitrogens is 4. The van der Waals surface area contributed by atoms with Crippen molar-refractivity contribution in [2.75, 3.05) is 0 Å². The van der Waals surface area contributed by atoms with Crippen LogP contribution in [0, 0.1) is 0 Å². The maximum atomic E-state index is 4.65. The SMILES string of the molecule is c1ccc(C(c2ccccc2)(c2ccccc2)n2nnnc2C2CCCCC2)cc1. The van der Waals surface area contributed by atoms with E-state index in [1.807, 2.05) is 0 Å². The number of rotatable bonds is 5. The molecule has 1 aliphatic rings. The molecule has 1 heterocycles. The lowest BCUT2D eigenvalue weighted by Gasteiger charge is -2.37.